The number of para-hydroxylation sites is 1. The van der Waals surface area contributed by atoms with Crippen molar-refractivity contribution in [1.82, 2.24) is 24.2 Å². The first kappa shape index (κ1) is 45.6. The third kappa shape index (κ3) is 9.39. The Morgan fingerprint density at radius 2 is 1.91 bits per heavy atom. The van der Waals surface area contributed by atoms with Crippen molar-refractivity contribution >= 4 is 44.5 Å². The molecule has 7 atom stereocenters. The van der Waals surface area contributed by atoms with Crippen molar-refractivity contribution < 1.29 is 46.5 Å². The number of sulfonamides is 1. The highest BCUT2D eigenvalue weighted by Crippen LogP contribution is 2.57. The summed E-state index contributed by atoms with van der Waals surface area (Å²) in [4.78, 5) is 68.1. The number of carbonyl (C=O) groups excluding carboxylic acids is 4. The molecule has 1 aromatic carbocycles. The van der Waals surface area contributed by atoms with Gasteiger partial charge in [0.05, 0.1) is 60.7 Å². The second-order valence-corrected chi connectivity index (χ2v) is 22.2. The minimum atomic E-state index is -3.98. The van der Waals surface area contributed by atoms with Crippen LogP contribution in [0.1, 0.15) is 110 Å². The topological polar surface area (TPSA) is 185 Å². The number of nitrogens with zero attached hydrogens (tertiary/aromatic N) is 4. The molecule has 1 N–H and O–H groups in total. The van der Waals surface area contributed by atoms with Crippen LogP contribution < -0.4 is 18.9 Å². The molecular formula is C48H63N5O10S. The van der Waals surface area contributed by atoms with E-state index in [2.05, 4.69) is 16.3 Å². The van der Waals surface area contributed by atoms with Gasteiger partial charge in [-0.1, -0.05) is 45.8 Å². The van der Waals surface area contributed by atoms with E-state index in [4.69, 9.17) is 23.9 Å². The van der Waals surface area contributed by atoms with E-state index in [1.54, 1.807) is 32.6 Å². The number of hydrogen-bond donors (Lipinski definition) is 1. The molecule has 3 saturated carbocycles. The van der Waals surface area contributed by atoms with Gasteiger partial charge in [-0.2, -0.15) is 0 Å². The Morgan fingerprint density at radius 1 is 1.11 bits per heavy atom. The van der Waals surface area contributed by atoms with Crippen molar-refractivity contribution in [3.05, 3.63) is 55.1 Å². The molecule has 1 saturated heterocycles. The average molecular weight is 902 g/mol. The van der Waals surface area contributed by atoms with Crippen LogP contribution in [0.4, 0.5) is 0 Å². The number of carbonyl (C=O) groups is 4. The number of esters is 1. The first-order valence-corrected chi connectivity index (χ1v) is 24.4. The molecule has 2 amide bonds. The number of benzene rings is 1. The number of imidazole rings is 1. The maximum absolute atomic E-state index is 15.0. The highest BCUT2D eigenvalue weighted by atomic mass is 32.2. The number of nitrogens with one attached hydrogen (secondary N) is 1. The quantitative estimate of drug-likeness (QED) is 0.112. The summed E-state index contributed by atoms with van der Waals surface area (Å²) in [5.74, 6) is -1.46. The number of ketones is 1. The van der Waals surface area contributed by atoms with E-state index in [9.17, 15) is 22.8 Å². The van der Waals surface area contributed by atoms with Crippen molar-refractivity contribution in [2.24, 2.45) is 28.6 Å². The van der Waals surface area contributed by atoms with E-state index < -0.39 is 73.1 Å². The molecule has 3 aromatic rings. The molecule has 0 spiro atoms. The molecule has 5 aliphatic rings. The number of fused-ring (bicyclic) bond motifs is 5. The number of pyridine rings is 1. The lowest BCUT2D eigenvalue weighted by Crippen LogP contribution is -2.49. The molecule has 0 unspecified atom stereocenters. The van der Waals surface area contributed by atoms with Gasteiger partial charge in [0, 0.05) is 37.2 Å². The zero-order chi connectivity index (χ0) is 45.6. The number of Topliss-reactive ketones (excluding diaryl/α,β-unsaturated/α-hetero) is 1. The third-order valence-electron chi connectivity index (χ3n) is 14.3. The number of ether oxygens (including phenoxy) is 4. The van der Waals surface area contributed by atoms with Crippen molar-refractivity contribution in [1.29, 1.82) is 0 Å². The van der Waals surface area contributed by atoms with Gasteiger partial charge in [0.1, 0.15) is 29.2 Å². The summed E-state index contributed by atoms with van der Waals surface area (Å²) in [6.07, 6.45) is 12.5. The van der Waals surface area contributed by atoms with Crippen molar-refractivity contribution in [3.8, 4) is 17.4 Å². The standard InChI is InChI=1S/C48H63N5O10S/c1-7-31-26-48(31,45(57)51-64(58,59)47(5)17-18-47)27-37(54)36-24-32-28-53(36)44(56)35(46(2,3)4)25-40(55)63-39-23-30(39)13-9-8-10-14-34-42(61-22-12-20-52-21-19-49-29-52)33-15-11-16-38(60-6)41(33)50-43(34)62-32/h7,11,15-16,19,21,29-32,35-36,39H,1,8-10,12-14,17-18,20,22-28H2,2-6H3,(H,51,57)/t30-,31-,32-,35-,36+,39-,48-/m1/s1. The van der Waals surface area contributed by atoms with E-state index in [0.29, 0.717) is 61.7 Å². The van der Waals surface area contributed by atoms with Gasteiger partial charge in [-0.15, -0.1) is 6.58 Å². The smallest absolute Gasteiger partial charge is 0.306 e. The number of rotatable bonds is 13. The SMILES string of the molecule is C=C[C@@H]1C[C@]1(CC(=O)[C@@H]1C[C@@H]2CN1C(=O)[C@H](C(C)(C)C)CC(=O)O[C@@H]1C[C@H]1CCCCCc1c(nc3c(OC)cccc3c1OCCCn1ccnc1)O2)C(=O)NS(=O)(=O)C1(C)CC1. The minimum absolute atomic E-state index is 0.00453. The van der Waals surface area contributed by atoms with Gasteiger partial charge in [0.2, 0.25) is 27.7 Å². The molecule has 2 bridgehead atoms. The Hall–Kier alpha value is -4.99. The summed E-state index contributed by atoms with van der Waals surface area (Å²) in [6.45, 7) is 12.3. The van der Waals surface area contributed by atoms with E-state index >= 15 is 4.79 Å². The van der Waals surface area contributed by atoms with Crippen molar-refractivity contribution in [2.45, 2.75) is 141 Å². The predicted molar refractivity (Wildman–Crippen MR) is 238 cm³/mol. The fourth-order valence-electron chi connectivity index (χ4n) is 9.64. The normalized spacial score (nSPS) is 28.0. The zero-order valence-electron chi connectivity index (χ0n) is 37.8. The fraction of sp³-hybridized carbons (Fsp3) is 0.625. The summed E-state index contributed by atoms with van der Waals surface area (Å²) >= 11 is 0. The van der Waals surface area contributed by atoms with Gasteiger partial charge in [-0.05, 0) is 87.7 Å². The lowest BCUT2D eigenvalue weighted by atomic mass is 9.77. The molecule has 8 rings (SSSR count). The molecule has 4 heterocycles. The molecule has 346 valence electrons. The van der Waals surface area contributed by atoms with Crippen LogP contribution in [0.5, 0.6) is 17.4 Å². The summed E-state index contributed by atoms with van der Waals surface area (Å²) < 4.78 is 55.1. The van der Waals surface area contributed by atoms with Gasteiger partial charge in [0.25, 0.3) is 0 Å². The molecule has 3 aliphatic carbocycles. The van der Waals surface area contributed by atoms with Crippen LogP contribution in [0.25, 0.3) is 10.9 Å². The van der Waals surface area contributed by atoms with Crippen molar-refractivity contribution in [3.63, 3.8) is 0 Å². The van der Waals surface area contributed by atoms with E-state index in [1.807, 2.05) is 49.7 Å². The summed E-state index contributed by atoms with van der Waals surface area (Å²) in [5.41, 5.74) is -0.694. The lowest BCUT2D eigenvalue weighted by Gasteiger charge is -2.34. The average Bonchev–Trinajstić information content (AvgIpc) is 4.20. The van der Waals surface area contributed by atoms with Crippen molar-refractivity contribution in [2.75, 3.05) is 20.3 Å². The summed E-state index contributed by atoms with van der Waals surface area (Å²) in [6, 6.07) is 4.65. The Bertz CT molecular complexity index is 2390. The highest BCUT2D eigenvalue weighted by molar-refractivity contribution is 7.91. The van der Waals surface area contributed by atoms with Gasteiger partial charge in [-0.3, -0.25) is 23.9 Å². The third-order valence-corrected chi connectivity index (χ3v) is 16.5. The van der Waals surface area contributed by atoms with Gasteiger partial charge >= 0.3 is 5.97 Å². The van der Waals surface area contributed by atoms with Crippen LogP contribution >= 0.6 is 0 Å². The fourth-order valence-corrected chi connectivity index (χ4v) is 11.0. The van der Waals surface area contributed by atoms with Gasteiger partial charge < -0.3 is 28.4 Å². The van der Waals surface area contributed by atoms with Crippen LogP contribution in [-0.2, 0) is 46.9 Å². The second-order valence-electron chi connectivity index (χ2n) is 20.0. The molecule has 15 nitrogen and oxygen atoms in total. The minimum Gasteiger partial charge on any atom is -0.494 e. The predicted octanol–water partition coefficient (Wildman–Crippen LogP) is 6.51. The lowest BCUT2D eigenvalue weighted by molar-refractivity contribution is -0.154. The van der Waals surface area contributed by atoms with Crippen LogP contribution in [-0.4, -0.2) is 94.7 Å². The molecule has 16 heteroatoms. The first-order chi connectivity index (χ1) is 30.5. The van der Waals surface area contributed by atoms with Gasteiger partial charge in [-0.25, -0.2) is 18.4 Å². The Labute approximate surface area is 376 Å². The van der Waals surface area contributed by atoms with E-state index in [0.717, 1.165) is 43.1 Å². The summed E-state index contributed by atoms with van der Waals surface area (Å²) in [7, 11) is -2.40. The molecule has 4 fully saturated rings. The first-order valence-electron chi connectivity index (χ1n) is 22.9. The number of methoxy groups -OCH3 is 1. The monoisotopic (exact) mass is 901 g/mol. The Morgan fingerprint density at radius 3 is 2.59 bits per heavy atom. The maximum Gasteiger partial charge on any atom is 0.306 e. The van der Waals surface area contributed by atoms with E-state index in [1.165, 1.54) is 4.90 Å². The number of aromatic nitrogens is 3. The van der Waals surface area contributed by atoms with Gasteiger partial charge in [0.15, 0.2) is 5.78 Å². The number of aryl methyl sites for hydroxylation is 1. The Balaban J connectivity index is 1.15. The molecule has 64 heavy (non-hydrogen) atoms. The van der Waals surface area contributed by atoms with Crippen LogP contribution in [0.15, 0.2) is 49.6 Å². The molecular weight excluding hydrogens is 839 g/mol. The highest BCUT2D eigenvalue weighted by Gasteiger charge is 2.62. The molecule has 2 aliphatic heterocycles. The number of amides is 2. The summed E-state index contributed by atoms with van der Waals surface area (Å²) in [5, 5.41) is 0.779. The molecule has 0 radical (unpaired) electrons. The van der Waals surface area contributed by atoms with Crippen LogP contribution in [0, 0.1) is 28.6 Å². The largest absolute Gasteiger partial charge is 0.494 e. The van der Waals surface area contributed by atoms with Crippen LogP contribution in [0.3, 0.4) is 0 Å². The molecule has 2 aromatic heterocycles. The van der Waals surface area contributed by atoms with E-state index in [-0.39, 0.29) is 44.2 Å². The maximum atomic E-state index is 15.0. The Kier molecular flexibility index (Phi) is 12.7. The second kappa shape index (κ2) is 17.8. The van der Waals surface area contributed by atoms with Crippen LogP contribution in [0.2, 0.25) is 0 Å². The number of hydrogen-bond acceptors (Lipinski definition) is 12. The zero-order valence-corrected chi connectivity index (χ0v) is 38.6. The number of allylic oxidation sites excluding steroid dienone is 1.